The molecule has 160 valence electrons. The van der Waals surface area contributed by atoms with Crippen molar-refractivity contribution in [3.05, 3.63) is 70.8 Å². The Morgan fingerprint density at radius 2 is 1.65 bits per heavy atom. The van der Waals surface area contributed by atoms with Crippen LogP contribution < -0.4 is 5.32 Å². The third-order valence-electron chi connectivity index (χ3n) is 4.56. The van der Waals surface area contributed by atoms with Crippen LogP contribution in [-0.4, -0.2) is 61.4 Å². The van der Waals surface area contributed by atoms with Crippen molar-refractivity contribution in [3.63, 3.8) is 0 Å². The predicted molar refractivity (Wildman–Crippen MR) is 107 cm³/mol. The molecule has 2 aromatic carbocycles. The molecule has 4 amide bonds. The fourth-order valence-corrected chi connectivity index (χ4v) is 3.03. The number of fused-ring (bicyclic) bond motifs is 1. The number of nitrogens with zero attached hydrogens (tertiary/aromatic N) is 1. The molecule has 0 saturated carbocycles. The number of imide groups is 2. The lowest BCUT2D eigenvalue weighted by Crippen LogP contribution is -2.34. The van der Waals surface area contributed by atoms with Crippen LogP contribution in [0.25, 0.3) is 0 Å². The van der Waals surface area contributed by atoms with E-state index in [1.54, 1.807) is 18.2 Å². The molecule has 9 nitrogen and oxygen atoms in total. The first-order valence-electron chi connectivity index (χ1n) is 9.48. The Hall–Kier alpha value is -3.85. The van der Waals surface area contributed by atoms with Gasteiger partial charge in [0.25, 0.3) is 23.6 Å². The van der Waals surface area contributed by atoms with Gasteiger partial charge in [0, 0.05) is 25.8 Å². The Kier molecular flexibility index (Phi) is 6.88. The molecule has 31 heavy (non-hydrogen) atoms. The maximum atomic E-state index is 12.5. The van der Waals surface area contributed by atoms with E-state index in [1.165, 1.54) is 37.4 Å². The summed E-state index contributed by atoms with van der Waals surface area (Å²) >= 11 is 0. The highest BCUT2D eigenvalue weighted by atomic mass is 16.5. The second-order valence-electron chi connectivity index (χ2n) is 6.69. The van der Waals surface area contributed by atoms with Crippen LogP contribution in [0.2, 0.25) is 0 Å². The quantitative estimate of drug-likeness (QED) is 0.387. The van der Waals surface area contributed by atoms with Gasteiger partial charge in [-0.15, -0.1) is 0 Å². The number of methoxy groups -OCH3 is 1. The molecule has 1 aliphatic heterocycles. The molecule has 0 spiro atoms. The van der Waals surface area contributed by atoms with E-state index in [1.807, 2.05) is 0 Å². The highest BCUT2D eigenvalue weighted by Gasteiger charge is 2.35. The number of carbonyl (C=O) groups is 5. The number of hydrogen-bond acceptors (Lipinski definition) is 7. The third kappa shape index (κ3) is 5.01. The number of benzene rings is 2. The molecule has 9 heteroatoms. The van der Waals surface area contributed by atoms with Gasteiger partial charge < -0.3 is 9.47 Å². The summed E-state index contributed by atoms with van der Waals surface area (Å²) in [4.78, 5) is 62.1. The lowest BCUT2D eigenvalue weighted by molar-refractivity contribution is -0.123. The fraction of sp³-hybridized carbons (Fsp3) is 0.227. The summed E-state index contributed by atoms with van der Waals surface area (Å²) in [5.74, 6) is -3.20. The molecule has 0 aliphatic carbocycles. The smallest absolute Gasteiger partial charge is 0.338 e. The van der Waals surface area contributed by atoms with Crippen LogP contribution in [0.1, 0.15) is 47.9 Å². The van der Waals surface area contributed by atoms with Crippen molar-refractivity contribution in [1.29, 1.82) is 0 Å². The van der Waals surface area contributed by atoms with Crippen LogP contribution in [0.3, 0.4) is 0 Å². The highest BCUT2D eigenvalue weighted by molar-refractivity contribution is 6.22. The normalized spacial score (nSPS) is 12.5. The van der Waals surface area contributed by atoms with Crippen LogP contribution in [0.5, 0.6) is 0 Å². The molecule has 1 aliphatic rings. The summed E-state index contributed by atoms with van der Waals surface area (Å²) in [5, 5.41) is 2.12. The zero-order valence-electron chi connectivity index (χ0n) is 16.8. The van der Waals surface area contributed by atoms with E-state index in [0.29, 0.717) is 18.6 Å². The maximum Gasteiger partial charge on any atom is 0.338 e. The number of rotatable bonds is 8. The molecule has 1 N–H and O–H groups in total. The molecular weight excluding hydrogens is 404 g/mol. The van der Waals surface area contributed by atoms with Gasteiger partial charge in [-0.2, -0.15) is 0 Å². The predicted octanol–water partition coefficient (Wildman–Crippen LogP) is 1.43. The summed E-state index contributed by atoms with van der Waals surface area (Å²) in [6.45, 7) is -0.0695. The fourth-order valence-electron chi connectivity index (χ4n) is 3.03. The van der Waals surface area contributed by atoms with Gasteiger partial charge in [0.1, 0.15) is 0 Å². The molecule has 0 aromatic heterocycles. The Morgan fingerprint density at radius 3 is 2.35 bits per heavy atom. The van der Waals surface area contributed by atoms with Crippen LogP contribution in [0, 0.1) is 0 Å². The summed E-state index contributed by atoms with van der Waals surface area (Å²) in [6.07, 6.45) is 0.494. The van der Waals surface area contributed by atoms with Crippen LogP contribution in [0.15, 0.2) is 48.5 Å². The Bertz CT molecular complexity index is 1030. The van der Waals surface area contributed by atoms with Gasteiger partial charge in [-0.3, -0.25) is 29.4 Å². The van der Waals surface area contributed by atoms with Crippen LogP contribution >= 0.6 is 0 Å². The van der Waals surface area contributed by atoms with Gasteiger partial charge in [0.15, 0.2) is 6.61 Å². The molecule has 0 fully saturated rings. The average molecular weight is 424 g/mol. The van der Waals surface area contributed by atoms with Crippen molar-refractivity contribution in [2.75, 3.05) is 26.9 Å². The first-order chi connectivity index (χ1) is 14.9. The largest absolute Gasteiger partial charge is 0.452 e. The lowest BCUT2D eigenvalue weighted by Gasteiger charge is -2.12. The Labute approximate surface area is 177 Å². The molecule has 0 saturated heterocycles. The molecule has 0 unspecified atom stereocenters. The molecule has 2 aromatic rings. The van der Waals surface area contributed by atoms with Gasteiger partial charge in [0.2, 0.25) is 0 Å². The number of hydrogen-bond donors (Lipinski definition) is 1. The summed E-state index contributed by atoms with van der Waals surface area (Å²) in [5.41, 5.74) is 0.602. The van der Waals surface area contributed by atoms with E-state index < -0.39 is 36.2 Å². The van der Waals surface area contributed by atoms with Crippen molar-refractivity contribution in [1.82, 2.24) is 10.2 Å². The second kappa shape index (κ2) is 9.77. The van der Waals surface area contributed by atoms with Gasteiger partial charge >= 0.3 is 5.97 Å². The minimum atomic E-state index is -0.858. The number of esters is 1. The van der Waals surface area contributed by atoms with Gasteiger partial charge in [-0.1, -0.05) is 18.2 Å². The zero-order chi connectivity index (χ0) is 22.4. The van der Waals surface area contributed by atoms with E-state index in [2.05, 4.69) is 5.32 Å². The number of ether oxygens (including phenoxy) is 2. The SMILES string of the molecule is COCCCN1C(=O)c2ccc(C(=O)OCC(=O)NC(=O)c3ccccc3)cc2C1=O. The van der Waals surface area contributed by atoms with Crippen molar-refractivity contribution in [3.8, 4) is 0 Å². The first kappa shape index (κ1) is 21.8. The van der Waals surface area contributed by atoms with Crippen LogP contribution in [0.4, 0.5) is 0 Å². The van der Waals surface area contributed by atoms with Crippen molar-refractivity contribution < 1.29 is 33.4 Å². The van der Waals surface area contributed by atoms with E-state index in [4.69, 9.17) is 9.47 Å². The number of carbonyl (C=O) groups excluding carboxylic acids is 5. The van der Waals surface area contributed by atoms with Gasteiger partial charge in [-0.05, 0) is 36.8 Å². The molecule has 3 rings (SSSR count). The summed E-state index contributed by atoms with van der Waals surface area (Å²) in [6, 6.07) is 12.1. The number of amides is 4. The minimum Gasteiger partial charge on any atom is -0.452 e. The standard InChI is InChI=1S/C22H20N2O7/c1-30-11-5-10-24-20(27)16-9-8-15(12-17(16)21(24)28)22(29)31-13-18(25)23-19(26)14-6-3-2-4-7-14/h2-4,6-9,12H,5,10-11,13H2,1H3,(H,23,25,26). The second-order valence-corrected chi connectivity index (χ2v) is 6.69. The van der Waals surface area contributed by atoms with E-state index in [0.717, 1.165) is 4.90 Å². The number of nitrogens with one attached hydrogen (secondary N) is 1. The van der Waals surface area contributed by atoms with E-state index >= 15 is 0 Å². The maximum absolute atomic E-state index is 12.5. The molecule has 0 radical (unpaired) electrons. The summed E-state index contributed by atoms with van der Waals surface area (Å²) in [7, 11) is 1.53. The van der Waals surface area contributed by atoms with Gasteiger partial charge in [-0.25, -0.2) is 4.79 Å². The molecule has 0 bridgehead atoms. The van der Waals surface area contributed by atoms with Crippen molar-refractivity contribution >= 4 is 29.6 Å². The van der Waals surface area contributed by atoms with Gasteiger partial charge in [0.05, 0.1) is 16.7 Å². The Morgan fingerprint density at radius 1 is 0.935 bits per heavy atom. The molecular formula is C22H20N2O7. The lowest BCUT2D eigenvalue weighted by atomic mass is 10.1. The minimum absolute atomic E-state index is 0.0147. The molecule has 1 heterocycles. The first-order valence-corrected chi connectivity index (χ1v) is 9.48. The zero-order valence-corrected chi connectivity index (χ0v) is 16.8. The molecule has 0 atom stereocenters. The monoisotopic (exact) mass is 424 g/mol. The van der Waals surface area contributed by atoms with E-state index in [-0.39, 0.29) is 23.2 Å². The average Bonchev–Trinajstić information content (AvgIpc) is 3.02. The van der Waals surface area contributed by atoms with Crippen LogP contribution in [-0.2, 0) is 14.3 Å². The third-order valence-corrected chi connectivity index (χ3v) is 4.56. The highest BCUT2D eigenvalue weighted by Crippen LogP contribution is 2.24. The topological polar surface area (TPSA) is 119 Å². The van der Waals surface area contributed by atoms with Crippen molar-refractivity contribution in [2.45, 2.75) is 6.42 Å². The Balaban J connectivity index is 1.59. The summed E-state index contributed by atoms with van der Waals surface area (Å²) < 4.78 is 9.86. The van der Waals surface area contributed by atoms with Crippen molar-refractivity contribution in [2.24, 2.45) is 0 Å². The van der Waals surface area contributed by atoms with E-state index in [9.17, 15) is 24.0 Å².